The van der Waals surface area contributed by atoms with E-state index >= 15 is 0 Å². The Morgan fingerprint density at radius 1 is 1.30 bits per heavy atom. The Bertz CT molecular complexity index is 851. The lowest BCUT2D eigenvalue weighted by Gasteiger charge is -2.17. The van der Waals surface area contributed by atoms with E-state index in [4.69, 9.17) is 11.6 Å². The molecule has 148 valence electrons. The smallest absolute Gasteiger partial charge is 0.262 e. The van der Waals surface area contributed by atoms with Gasteiger partial charge in [-0.05, 0) is 37.5 Å². The minimum atomic E-state index is -0.0776. The van der Waals surface area contributed by atoms with E-state index in [1.54, 1.807) is 22.8 Å². The van der Waals surface area contributed by atoms with Crippen LogP contribution in [0.4, 0.5) is 0 Å². The van der Waals surface area contributed by atoms with Crippen molar-refractivity contribution < 1.29 is 4.79 Å². The van der Waals surface area contributed by atoms with Crippen LogP contribution >= 0.6 is 23.4 Å². The number of hydrogen-bond acceptors (Lipinski definition) is 4. The average Bonchev–Trinajstić information content (AvgIpc) is 2.61. The number of fused-ring (bicyclic) bond motifs is 1. The minimum absolute atomic E-state index is 0.0539. The zero-order valence-electron chi connectivity index (χ0n) is 16.4. The first-order valence-corrected chi connectivity index (χ1v) is 10.8. The molecule has 7 heteroatoms. The second-order valence-corrected chi connectivity index (χ2v) is 8.49. The molecule has 1 aromatic carbocycles. The summed E-state index contributed by atoms with van der Waals surface area (Å²) in [5.41, 5.74) is 0.490. The SMILES string of the molecule is CCCCCn1c(SCC(=O)NC(C)C(C)C)nc2cc(Cl)ccc2c1=O. The highest BCUT2D eigenvalue weighted by atomic mass is 35.5. The zero-order chi connectivity index (χ0) is 20.0. The van der Waals surface area contributed by atoms with Crippen LogP contribution in [0.2, 0.25) is 5.02 Å². The van der Waals surface area contributed by atoms with Crippen molar-refractivity contribution in [3.8, 4) is 0 Å². The molecule has 0 spiro atoms. The highest BCUT2D eigenvalue weighted by Gasteiger charge is 2.15. The van der Waals surface area contributed by atoms with Crippen LogP contribution < -0.4 is 10.9 Å². The topological polar surface area (TPSA) is 64.0 Å². The van der Waals surface area contributed by atoms with Gasteiger partial charge in [-0.25, -0.2) is 4.98 Å². The monoisotopic (exact) mass is 409 g/mol. The Labute approximate surface area is 169 Å². The minimum Gasteiger partial charge on any atom is -0.353 e. The number of nitrogens with zero attached hydrogens (tertiary/aromatic N) is 2. The van der Waals surface area contributed by atoms with Gasteiger partial charge in [-0.1, -0.05) is 57.0 Å². The van der Waals surface area contributed by atoms with Crippen molar-refractivity contribution in [1.29, 1.82) is 0 Å². The number of hydrogen-bond donors (Lipinski definition) is 1. The van der Waals surface area contributed by atoms with E-state index in [9.17, 15) is 9.59 Å². The van der Waals surface area contributed by atoms with E-state index in [0.29, 0.717) is 33.5 Å². The Balaban J connectivity index is 2.27. The molecular formula is C20H28ClN3O2S. The molecule has 0 bridgehead atoms. The van der Waals surface area contributed by atoms with E-state index < -0.39 is 0 Å². The molecule has 1 atom stereocenters. The first kappa shape index (κ1) is 21.8. The van der Waals surface area contributed by atoms with Crippen molar-refractivity contribution in [2.45, 2.75) is 64.7 Å². The van der Waals surface area contributed by atoms with Crippen LogP contribution in [0.1, 0.15) is 47.0 Å². The molecule has 0 saturated carbocycles. The summed E-state index contributed by atoms with van der Waals surface area (Å²) in [5, 5.41) is 4.65. The van der Waals surface area contributed by atoms with Gasteiger partial charge in [-0.3, -0.25) is 14.2 Å². The summed E-state index contributed by atoms with van der Waals surface area (Å²) in [6.07, 6.45) is 3.02. The lowest BCUT2D eigenvalue weighted by molar-refractivity contribution is -0.119. The summed E-state index contributed by atoms with van der Waals surface area (Å²) in [6.45, 7) is 8.85. The first-order valence-electron chi connectivity index (χ1n) is 9.45. The highest BCUT2D eigenvalue weighted by molar-refractivity contribution is 7.99. The van der Waals surface area contributed by atoms with E-state index in [1.165, 1.54) is 11.8 Å². The molecule has 5 nitrogen and oxygen atoms in total. The predicted octanol–water partition coefficient (Wildman–Crippen LogP) is 4.49. The molecular weight excluding hydrogens is 382 g/mol. The Kier molecular flexibility index (Phi) is 8.17. The third-order valence-corrected chi connectivity index (χ3v) is 5.80. The van der Waals surface area contributed by atoms with Crippen molar-refractivity contribution in [1.82, 2.24) is 14.9 Å². The molecule has 2 rings (SSSR count). The normalized spacial score (nSPS) is 12.5. The Morgan fingerprint density at radius 2 is 2.04 bits per heavy atom. The number of carbonyl (C=O) groups excluding carboxylic acids is 1. The second kappa shape index (κ2) is 10.1. The lowest BCUT2D eigenvalue weighted by atomic mass is 10.1. The summed E-state index contributed by atoms with van der Waals surface area (Å²) in [6, 6.07) is 5.22. The van der Waals surface area contributed by atoms with Crippen molar-refractivity contribution >= 4 is 40.2 Å². The van der Waals surface area contributed by atoms with E-state index in [0.717, 1.165) is 19.3 Å². The fraction of sp³-hybridized carbons (Fsp3) is 0.550. The maximum absolute atomic E-state index is 12.9. The van der Waals surface area contributed by atoms with Gasteiger partial charge in [-0.15, -0.1) is 0 Å². The molecule has 1 N–H and O–H groups in total. The number of rotatable bonds is 9. The largest absolute Gasteiger partial charge is 0.353 e. The lowest BCUT2D eigenvalue weighted by Crippen LogP contribution is -2.37. The molecule has 2 aromatic rings. The Hall–Kier alpha value is -1.53. The van der Waals surface area contributed by atoms with Crippen LogP contribution in [-0.2, 0) is 11.3 Å². The highest BCUT2D eigenvalue weighted by Crippen LogP contribution is 2.21. The Morgan fingerprint density at radius 3 is 2.70 bits per heavy atom. The molecule has 1 unspecified atom stereocenters. The van der Waals surface area contributed by atoms with E-state index in [1.807, 2.05) is 6.92 Å². The molecule has 27 heavy (non-hydrogen) atoms. The number of carbonyl (C=O) groups is 1. The van der Waals surface area contributed by atoms with Gasteiger partial charge >= 0.3 is 0 Å². The molecule has 0 aliphatic heterocycles. The summed E-state index contributed by atoms with van der Waals surface area (Å²) >= 11 is 7.36. The molecule has 1 heterocycles. The molecule has 0 radical (unpaired) electrons. The number of benzene rings is 1. The van der Waals surface area contributed by atoms with Gasteiger partial charge in [-0.2, -0.15) is 0 Å². The summed E-state index contributed by atoms with van der Waals surface area (Å²) in [4.78, 5) is 29.8. The van der Waals surface area contributed by atoms with Crippen molar-refractivity contribution in [2.24, 2.45) is 5.92 Å². The van der Waals surface area contributed by atoms with Crippen LogP contribution in [0.5, 0.6) is 0 Å². The molecule has 0 aliphatic rings. The van der Waals surface area contributed by atoms with Gasteiger partial charge in [0.05, 0.1) is 16.7 Å². The number of thioether (sulfide) groups is 1. The predicted molar refractivity (Wildman–Crippen MR) is 114 cm³/mol. The van der Waals surface area contributed by atoms with Gasteiger partial charge in [0.15, 0.2) is 5.16 Å². The van der Waals surface area contributed by atoms with Gasteiger partial charge < -0.3 is 5.32 Å². The molecule has 0 saturated heterocycles. The number of aromatic nitrogens is 2. The van der Waals surface area contributed by atoms with Gasteiger partial charge in [0, 0.05) is 17.6 Å². The van der Waals surface area contributed by atoms with Crippen LogP contribution in [0.25, 0.3) is 10.9 Å². The van der Waals surface area contributed by atoms with Crippen LogP contribution in [0, 0.1) is 5.92 Å². The van der Waals surface area contributed by atoms with E-state index in [2.05, 4.69) is 31.1 Å². The van der Waals surface area contributed by atoms with Crippen LogP contribution in [0.15, 0.2) is 28.2 Å². The second-order valence-electron chi connectivity index (χ2n) is 7.11. The van der Waals surface area contributed by atoms with Crippen molar-refractivity contribution in [3.63, 3.8) is 0 Å². The van der Waals surface area contributed by atoms with Gasteiger partial charge in [0.25, 0.3) is 5.56 Å². The van der Waals surface area contributed by atoms with E-state index in [-0.39, 0.29) is 23.3 Å². The number of unbranched alkanes of at least 4 members (excludes halogenated alkanes) is 2. The quantitative estimate of drug-likeness (QED) is 0.376. The number of amides is 1. The number of nitrogens with one attached hydrogen (secondary N) is 1. The van der Waals surface area contributed by atoms with Gasteiger partial charge in [0.1, 0.15) is 0 Å². The first-order chi connectivity index (χ1) is 12.8. The average molecular weight is 410 g/mol. The van der Waals surface area contributed by atoms with Crippen molar-refractivity contribution in [3.05, 3.63) is 33.6 Å². The fourth-order valence-electron chi connectivity index (χ4n) is 2.59. The molecule has 0 fully saturated rings. The fourth-order valence-corrected chi connectivity index (χ4v) is 3.60. The van der Waals surface area contributed by atoms with Crippen LogP contribution in [0.3, 0.4) is 0 Å². The van der Waals surface area contributed by atoms with Crippen molar-refractivity contribution in [2.75, 3.05) is 5.75 Å². The standard InChI is InChI=1S/C20H28ClN3O2S/c1-5-6-7-10-24-19(26)16-9-8-15(21)11-17(16)23-20(24)27-12-18(25)22-14(4)13(2)3/h8-9,11,13-14H,5-7,10,12H2,1-4H3,(H,22,25). The molecule has 1 aromatic heterocycles. The van der Waals surface area contributed by atoms with Gasteiger partial charge in [0.2, 0.25) is 5.91 Å². The summed E-state index contributed by atoms with van der Waals surface area (Å²) < 4.78 is 1.69. The number of halogens is 1. The summed E-state index contributed by atoms with van der Waals surface area (Å²) in [7, 11) is 0. The summed E-state index contributed by atoms with van der Waals surface area (Å²) in [5.74, 6) is 0.539. The zero-order valence-corrected chi connectivity index (χ0v) is 18.0. The maximum Gasteiger partial charge on any atom is 0.262 e. The maximum atomic E-state index is 12.9. The third kappa shape index (κ3) is 5.98. The molecule has 1 amide bonds. The van der Waals surface area contributed by atoms with Crippen LogP contribution in [-0.4, -0.2) is 27.3 Å². The molecule has 0 aliphatic carbocycles. The third-order valence-electron chi connectivity index (χ3n) is 4.59.